The number of rotatable bonds is 6. The fraction of sp³-hybridized carbons (Fsp3) is 0.346. The molecule has 0 saturated carbocycles. The standard InChI is InChI=1S/C26H27ClF2N4O4/c1-13-17-7-20(29)25(32-9-16(10-32)31-15-2-4-37-5-3-15)23(27)24(17)33(11-18(13)26(35)36)22-8-21(30)19(28)6-14(22)12-34/h6-8,11,15-16,31,34H,1-5,9-10,12,30H2,(H,35,36). The van der Waals surface area contributed by atoms with Gasteiger partial charge in [-0.05, 0) is 36.6 Å². The zero-order valence-electron chi connectivity index (χ0n) is 19.9. The summed E-state index contributed by atoms with van der Waals surface area (Å²) >= 11 is 6.84. The summed E-state index contributed by atoms with van der Waals surface area (Å²) in [7, 11) is 0. The average Bonchev–Trinajstić information content (AvgIpc) is 2.84. The van der Waals surface area contributed by atoms with Gasteiger partial charge in [0.15, 0.2) is 0 Å². The van der Waals surface area contributed by atoms with Gasteiger partial charge in [0.2, 0.25) is 0 Å². The number of carboxylic acids is 1. The fourth-order valence-corrected chi connectivity index (χ4v) is 5.48. The van der Waals surface area contributed by atoms with E-state index in [0.29, 0.717) is 32.3 Å². The Morgan fingerprint density at radius 2 is 1.86 bits per heavy atom. The summed E-state index contributed by atoms with van der Waals surface area (Å²) in [4.78, 5) is 15.2. The van der Waals surface area contributed by atoms with Gasteiger partial charge >= 0.3 is 5.97 Å². The van der Waals surface area contributed by atoms with Crippen LogP contribution in [0.1, 0.15) is 24.0 Å². The molecule has 2 aromatic carbocycles. The number of carbonyl (C=O) groups is 1. The maximum atomic E-state index is 15.5. The van der Waals surface area contributed by atoms with Crippen molar-refractivity contribution in [3.63, 3.8) is 0 Å². The van der Waals surface area contributed by atoms with Gasteiger partial charge in [-0.1, -0.05) is 18.2 Å². The largest absolute Gasteiger partial charge is 0.478 e. The third-order valence-electron chi connectivity index (χ3n) is 7.07. The van der Waals surface area contributed by atoms with Crippen molar-refractivity contribution in [3.8, 4) is 0 Å². The Hall–Kier alpha value is -3.18. The summed E-state index contributed by atoms with van der Waals surface area (Å²) in [5, 5.41) is 23.3. The Kier molecular flexibility index (Phi) is 6.84. The van der Waals surface area contributed by atoms with Gasteiger partial charge < -0.3 is 35.8 Å². The maximum Gasteiger partial charge on any atom is 0.337 e. The van der Waals surface area contributed by atoms with Gasteiger partial charge in [0.25, 0.3) is 0 Å². The fourth-order valence-electron chi connectivity index (χ4n) is 5.08. The minimum atomic E-state index is -1.29. The summed E-state index contributed by atoms with van der Waals surface area (Å²) in [6, 6.07) is 4.08. The number of fused-ring (bicyclic) bond motifs is 1. The Labute approximate surface area is 217 Å². The Morgan fingerprint density at radius 1 is 1.16 bits per heavy atom. The number of nitrogens with one attached hydrogen (secondary N) is 1. The molecule has 2 aromatic rings. The molecule has 37 heavy (non-hydrogen) atoms. The van der Waals surface area contributed by atoms with Crippen LogP contribution in [0.3, 0.4) is 0 Å². The van der Waals surface area contributed by atoms with Gasteiger partial charge in [-0.15, -0.1) is 0 Å². The van der Waals surface area contributed by atoms with E-state index in [4.69, 9.17) is 22.1 Å². The highest BCUT2D eigenvalue weighted by Gasteiger charge is 2.37. The number of carboxylic acid groups (broad SMARTS) is 1. The van der Waals surface area contributed by atoms with E-state index in [1.54, 1.807) is 0 Å². The molecule has 0 aliphatic carbocycles. The van der Waals surface area contributed by atoms with E-state index in [0.717, 1.165) is 18.9 Å². The molecule has 0 atom stereocenters. The van der Waals surface area contributed by atoms with Crippen LogP contribution in [0.25, 0.3) is 5.57 Å². The molecular weight excluding hydrogens is 506 g/mol. The molecule has 5 N–H and O–H groups in total. The molecule has 5 rings (SSSR count). The number of hydrogen-bond acceptors (Lipinski definition) is 7. The van der Waals surface area contributed by atoms with Gasteiger partial charge in [-0.25, -0.2) is 13.6 Å². The van der Waals surface area contributed by atoms with Crippen molar-refractivity contribution in [2.45, 2.75) is 31.5 Å². The van der Waals surface area contributed by atoms with Crippen molar-refractivity contribution in [3.05, 3.63) is 64.3 Å². The lowest BCUT2D eigenvalue weighted by molar-refractivity contribution is -0.132. The molecule has 2 saturated heterocycles. The number of halogens is 3. The lowest BCUT2D eigenvalue weighted by atomic mass is 9.92. The average molecular weight is 533 g/mol. The summed E-state index contributed by atoms with van der Waals surface area (Å²) in [6.07, 6.45) is 3.12. The summed E-state index contributed by atoms with van der Waals surface area (Å²) in [5.41, 5.74) is 6.47. The molecule has 2 fully saturated rings. The van der Waals surface area contributed by atoms with Crippen molar-refractivity contribution in [2.75, 3.05) is 41.8 Å². The Morgan fingerprint density at radius 3 is 2.51 bits per heavy atom. The number of nitrogen functional groups attached to an aromatic ring is 1. The maximum absolute atomic E-state index is 15.5. The van der Waals surface area contributed by atoms with Crippen molar-refractivity contribution < 1.29 is 28.5 Å². The van der Waals surface area contributed by atoms with Gasteiger partial charge in [0.05, 0.1) is 40.0 Å². The first-order chi connectivity index (χ1) is 17.7. The molecule has 0 unspecified atom stereocenters. The van der Waals surface area contributed by atoms with E-state index in [2.05, 4.69) is 11.9 Å². The van der Waals surface area contributed by atoms with Crippen LogP contribution < -0.4 is 20.9 Å². The van der Waals surface area contributed by atoms with Crippen LogP contribution >= 0.6 is 11.6 Å². The molecule has 11 heteroatoms. The highest BCUT2D eigenvalue weighted by atomic mass is 35.5. The van der Waals surface area contributed by atoms with E-state index < -0.39 is 24.2 Å². The molecule has 0 spiro atoms. The Balaban J connectivity index is 1.55. The molecule has 3 aliphatic heterocycles. The number of hydrogen-bond donors (Lipinski definition) is 4. The predicted molar refractivity (Wildman–Crippen MR) is 138 cm³/mol. The summed E-state index contributed by atoms with van der Waals surface area (Å²) in [5.74, 6) is -2.62. The molecule has 196 valence electrons. The minimum absolute atomic E-state index is 0.0492. The lowest BCUT2D eigenvalue weighted by Crippen LogP contribution is -2.61. The number of benzene rings is 2. The quantitative estimate of drug-likeness (QED) is 0.416. The highest BCUT2D eigenvalue weighted by molar-refractivity contribution is 6.37. The summed E-state index contributed by atoms with van der Waals surface area (Å²) < 4.78 is 35.1. The SMILES string of the molecule is C=C1C(C(=O)O)=CN(c2cc(N)c(F)cc2CO)c2c1cc(F)c(N1CC(NC3CCOCC3)C1)c2Cl. The van der Waals surface area contributed by atoms with E-state index in [1.807, 2.05) is 4.90 Å². The number of nitrogens with two attached hydrogens (primary N) is 1. The molecule has 0 aromatic heterocycles. The monoisotopic (exact) mass is 532 g/mol. The van der Waals surface area contributed by atoms with Crippen molar-refractivity contribution in [1.29, 1.82) is 0 Å². The zero-order chi connectivity index (χ0) is 26.4. The molecule has 3 heterocycles. The molecule has 0 amide bonds. The number of aliphatic hydroxyl groups is 1. The molecule has 3 aliphatic rings. The summed E-state index contributed by atoms with van der Waals surface area (Å²) in [6.45, 7) is 5.82. The van der Waals surface area contributed by atoms with E-state index in [9.17, 15) is 19.4 Å². The van der Waals surface area contributed by atoms with Crippen LogP contribution in [-0.2, 0) is 16.1 Å². The predicted octanol–water partition coefficient (Wildman–Crippen LogP) is 3.78. The first-order valence-electron chi connectivity index (χ1n) is 11.9. The number of aliphatic carboxylic acids is 1. The van der Waals surface area contributed by atoms with Crippen molar-refractivity contribution >= 4 is 45.9 Å². The van der Waals surface area contributed by atoms with Crippen LogP contribution in [0.4, 0.5) is 31.5 Å². The molecule has 0 radical (unpaired) electrons. The Bertz CT molecular complexity index is 1310. The van der Waals surface area contributed by atoms with Crippen molar-refractivity contribution in [2.24, 2.45) is 0 Å². The number of nitrogens with zero attached hydrogens (tertiary/aromatic N) is 2. The zero-order valence-corrected chi connectivity index (χ0v) is 20.7. The molecule has 8 nitrogen and oxygen atoms in total. The normalized spacial score (nSPS) is 18.5. The van der Waals surface area contributed by atoms with E-state index in [1.165, 1.54) is 23.2 Å². The van der Waals surface area contributed by atoms with Crippen LogP contribution in [0.15, 0.2) is 36.6 Å². The third kappa shape index (κ3) is 4.54. The van der Waals surface area contributed by atoms with Crippen LogP contribution in [0, 0.1) is 11.6 Å². The number of anilines is 4. The van der Waals surface area contributed by atoms with Crippen LogP contribution in [-0.4, -0.2) is 54.6 Å². The second-order valence-corrected chi connectivity index (χ2v) is 9.81. The lowest BCUT2D eigenvalue weighted by Gasteiger charge is -2.44. The van der Waals surface area contributed by atoms with Crippen molar-refractivity contribution in [1.82, 2.24) is 5.32 Å². The second-order valence-electron chi connectivity index (χ2n) is 9.43. The van der Waals surface area contributed by atoms with E-state index >= 15 is 4.39 Å². The smallest absolute Gasteiger partial charge is 0.337 e. The highest BCUT2D eigenvalue weighted by Crippen LogP contribution is 2.50. The van der Waals surface area contributed by atoms with Crippen LogP contribution in [0.5, 0.6) is 0 Å². The topological polar surface area (TPSA) is 111 Å². The molecular formula is C26H27ClF2N4O4. The first kappa shape index (κ1) is 25.5. The second kappa shape index (κ2) is 9.94. The third-order valence-corrected chi connectivity index (χ3v) is 7.42. The van der Waals surface area contributed by atoms with Gasteiger partial charge in [-0.3, -0.25) is 0 Å². The van der Waals surface area contributed by atoms with Gasteiger partial charge in [-0.2, -0.15) is 0 Å². The van der Waals surface area contributed by atoms with Gasteiger partial charge in [0, 0.05) is 55.7 Å². The van der Waals surface area contributed by atoms with Gasteiger partial charge in [0.1, 0.15) is 11.6 Å². The number of ether oxygens (including phenoxy) is 1. The minimum Gasteiger partial charge on any atom is -0.478 e. The number of aliphatic hydroxyl groups excluding tert-OH is 1. The first-order valence-corrected chi connectivity index (χ1v) is 12.3. The van der Waals surface area contributed by atoms with E-state index in [-0.39, 0.29) is 56.1 Å². The molecule has 0 bridgehead atoms. The van der Waals surface area contributed by atoms with Crippen LogP contribution in [0.2, 0.25) is 5.02 Å².